The van der Waals surface area contributed by atoms with Gasteiger partial charge < -0.3 is 89.1 Å². The number of aliphatic carboxylic acids is 1. The van der Waals surface area contributed by atoms with Crippen molar-refractivity contribution in [3.63, 3.8) is 0 Å². The molecule has 658 valence electrons. The summed E-state index contributed by atoms with van der Waals surface area (Å²) in [6.07, 6.45) is 12.9. The van der Waals surface area contributed by atoms with Crippen LogP contribution in [0.4, 0.5) is 55.1 Å². The minimum atomic E-state index is -0.773. The van der Waals surface area contributed by atoms with Crippen molar-refractivity contribution in [2.75, 3.05) is 92.4 Å². The molecule has 34 nitrogen and oxygen atoms in total. The van der Waals surface area contributed by atoms with Crippen molar-refractivity contribution in [3.05, 3.63) is 109 Å². The number of hydrogen-bond acceptors (Lipinski definition) is 24. The average molecular weight is 1810 g/mol. The number of carboxylic acids is 1. The Kier molecular flexibility index (Phi) is 43.6. The van der Waals surface area contributed by atoms with E-state index in [1.165, 1.54) is 31.0 Å². The maximum absolute atomic E-state index is 13.5. The molecule has 6 heterocycles. The van der Waals surface area contributed by atoms with Gasteiger partial charge in [0, 0.05) is 83.0 Å². The standard InChI is InChI=1S/C24H35N7O2.C18H25N3O3.C14H19N3O3.C13H17N3O.C11H20N4O2.C4H7Br.CH2O3.2K.H/c1-4-11-31-22(27-28-29-31)13-18(12-16(2)3)23(32)26-20-14-25-19-7-5-6-8-21(19)30(24(20)33)15-17-9-10-17;1-18(2,3)24-17(23)20-14-10-19-13-6-4-5-7-15(13)21(16(14)22)11-12-8-9-12;1-14(2,3)20-13(19)17-11-8-15-9-6-4-5-7-10(9)16-12(11)18;14-10-7-15-11-3-1-2-4-12(11)16(13(10)17)8-9-5-6-9;1-4-5-15-10(12-13-14-15)7-9(11(16)17)6-8(2)3;5-3-4-1-2-4;2-1-4-3;;;/h5-8,16-18,20,25H,4,9-15H2,1-3H3,(H,26,32);4-7,12,14,19H,8-11H2,1-3H3,(H,20,23);4-7,11,15H,8H2,1-3H3,(H,16,18)(H,17,19);1-4,9-10,15H,5-8,14H2;8-9H,4-7H2,1-3H3,(H,16,17);4H,1-3H2;1,3H;;;/q;;;;;;;2*+1;-1/p-1/t18-,20+;14-;11-;10-;9-;;;;;/m10001...../s1. The number of carbonyl (C=O) groups excluding carboxylic acids is 8. The Morgan fingerprint density at radius 2 is 0.902 bits per heavy atom. The Bertz CT molecular complexity index is 4330. The molecular formula is C85H125BrK2N20O14. The van der Waals surface area contributed by atoms with E-state index in [1.54, 1.807) is 61.9 Å². The molecule has 14 rings (SSSR count). The smallest absolute Gasteiger partial charge is 1.00 e. The van der Waals surface area contributed by atoms with Crippen LogP contribution in [0.5, 0.6) is 0 Å². The van der Waals surface area contributed by atoms with Gasteiger partial charge in [0.05, 0.1) is 51.4 Å². The van der Waals surface area contributed by atoms with Crippen molar-refractivity contribution in [2.45, 2.75) is 221 Å². The zero-order valence-electron chi connectivity index (χ0n) is 74.3. The number of alkyl carbamates (subject to hydrolysis) is 2. The Hall–Kier alpha value is -7.28. The summed E-state index contributed by atoms with van der Waals surface area (Å²) < 4.78 is 13.9. The van der Waals surface area contributed by atoms with Gasteiger partial charge in [0.1, 0.15) is 35.4 Å². The Labute approximate surface area is 811 Å². The van der Waals surface area contributed by atoms with Crippen molar-refractivity contribution in [1.82, 2.24) is 56.4 Å². The van der Waals surface area contributed by atoms with Gasteiger partial charge in [0.2, 0.25) is 17.7 Å². The number of alkyl halides is 1. The van der Waals surface area contributed by atoms with Crippen LogP contribution in [0, 0.1) is 47.3 Å². The second kappa shape index (κ2) is 51.4. The number of tetrazole rings is 2. The van der Waals surface area contributed by atoms with Crippen LogP contribution in [-0.4, -0.2) is 186 Å². The van der Waals surface area contributed by atoms with Gasteiger partial charge in [0.25, 0.3) is 18.3 Å². The van der Waals surface area contributed by atoms with Crippen LogP contribution in [0.1, 0.15) is 173 Å². The first-order valence-electron chi connectivity index (χ1n) is 41.9. The quantitative estimate of drug-likeness (QED) is 0.0126. The number of benzene rings is 4. The number of nitrogens with zero attached hydrogens (tertiary/aromatic N) is 11. The zero-order chi connectivity index (χ0) is 87.2. The first-order chi connectivity index (χ1) is 57.3. The topological polar surface area (TPSA) is 444 Å². The molecule has 7 amide bonds. The molecule has 4 fully saturated rings. The SMILES string of the molecule is BrCC1CC1.CC(C)(C)OC(=O)N[C@H]1CNc2ccccc2N(CC2CC2)C1=O.CC(C)(C)OC(=O)N[C@H]1CNc2ccccc2NC1=O.CCCn1nnnc1C[C@@H](CC(C)C)C(=O)N[C@H]1CNc2ccccc2N(CC2CC2)C1=O.CCCn1nnnc1C[C@@H](CC(C)C)C(=O)O.N[C@H]1CNc2ccccc2N(CC2CC2)C1=O.O=CO[O-].[H-].[K+].[K+]. The second-order valence-electron chi connectivity index (χ2n) is 34.2. The summed E-state index contributed by atoms with van der Waals surface area (Å²) in [5.74, 6) is 2.90. The summed E-state index contributed by atoms with van der Waals surface area (Å²) in [6, 6.07) is 28.5. The summed E-state index contributed by atoms with van der Waals surface area (Å²) in [6.45, 7) is 28.1. The Morgan fingerprint density at radius 3 is 1.28 bits per heavy atom. The monoisotopic (exact) mass is 1810 g/mol. The molecule has 4 aliphatic heterocycles. The third kappa shape index (κ3) is 35.3. The molecule has 6 atom stereocenters. The molecule has 4 aliphatic carbocycles. The molecule has 8 aliphatic rings. The third-order valence-corrected chi connectivity index (χ3v) is 21.0. The molecular weight excluding hydrogens is 1680 g/mol. The number of para-hydroxylation sites is 8. The van der Waals surface area contributed by atoms with E-state index < -0.39 is 59.4 Å². The maximum Gasteiger partial charge on any atom is 1.00 e. The molecule has 2 aromatic heterocycles. The number of hydrogen-bond donors (Lipinski definition) is 10. The second-order valence-corrected chi connectivity index (χ2v) is 34.8. The first-order valence-corrected chi connectivity index (χ1v) is 43.0. The van der Waals surface area contributed by atoms with Gasteiger partial charge in [-0.3, -0.25) is 33.6 Å². The van der Waals surface area contributed by atoms with Crippen LogP contribution >= 0.6 is 15.9 Å². The summed E-state index contributed by atoms with van der Waals surface area (Å²) >= 11 is 3.38. The zero-order valence-corrected chi connectivity index (χ0v) is 81.2. The van der Waals surface area contributed by atoms with Crippen LogP contribution in [-0.2, 0) is 73.9 Å². The fourth-order valence-corrected chi connectivity index (χ4v) is 14.0. The number of ether oxygens (including phenoxy) is 2. The van der Waals surface area contributed by atoms with Crippen LogP contribution in [0.2, 0.25) is 0 Å². The van der Waals surface area contributed by atoms with Crippen molar-refractivity contribution >= 4 is 116 Å². The Morgan fingerprint density at radius 1 is 0.549 bits per heavy atom. The molecule has 0 radical (unpaired) electrons. The first kappa shape index (κ1) is 104. The molecule has 4 aromatic carbocycles. The molecule has 0 bridgehead atoms. The summed E-state index contributed by atoms with van der Waals surface area (Å²) in [5, 5.41) is 66.3. The van der Waals surface area contributed by atoms with Crippen LogP contribution in [0.3, 0.4) is 0 Å². The predicted molar refractivity (Wildman–Crippen MR) is 462 cm³/mol. The van der Waals surface area contributed by atoms with E-state index in [0.29, 0.717) is 112 Å². The van der Waals surface area contributed by atoms with Crippen LogP contribution in [0.25, 0.3) is 0 Å². The Balaban J connectivity index is 0.000000270. The minimum Gasteiger partial charge on any atom is -1.00 e. The molecule has 11 N–H and O–H groups in total. The van der Waals surface area contributed by atoms with Gasteiger partial charge in [-0.25, -0.2) is 19.0 Å². The summed E-state index contributed by atoms with van der Waals surface area (Å²) in [5.41, 5.74) is 11.8. The van der Waals surface area contributed by atoms with Gasteiger partial charge in [0.15, 0.2) is 11.6 Å². The average Bonchev–Trinajstić information content (AvgIpc) is 1.67. The number of nitrogens with two attached hydrogens (primary N) is 1. The van der Waals surface area contributed by atoms with E-state index in [9.17, 15) is 38.4 Å². The van der Waals surface area contributed by atoms with Gasteiger partial charge in [-0.15, -0.1) is 10.2 Å². The maximum atomic E-state index is 13.5. The number of anilines is 8. The van der Waals surface area contributed by atoms with Crippen molar-refractivity contribution < 1.29 is 172 Å². The number of carboxylic acid groups (broad SMARTS) is 1. The van der Waals surface area contributed by atoms with E-state index >= 15 is 0 Å². The number of rotatable bonds is 25. The van der Waals surface area contributed by atoms with Gasteiger partial charge >= 0.3 is 121 Å². The van der Waals surface area contributed by atoms with Crippen LogP contribution < -0.4 is 171 Å². The largest absolute Gasteiger partial charge is 1.00 e. The van der Waals surface area contributed by atoms with Gasteiger partial charge in [-0.05, 0) is 223 Å². The van der Waals surface area contributed by atoms with E-state index in [2.05, 4.69) is 115 Å². The van der Waals surface area contributed by atoms with Crippen molar-refractivity contribution in [2.24, 2.45) is 53.1 Å². The molecule has 122 heavy (non-hydrogen) atoms. The van der Waals surface area contributed by atoms with Crippen molar-refractivity contribution in [3.8, 4) is 0 Å². The van der Waals surface area contributed by atoms with E-state index in [0.717, 1.165) is 104 Å². The third-order valence-electron chi connectivity index (χ3n) is 20.0. The van der Waals surface area contributed by atoms with E-state index in [1.807, 2.05) is 122 Å². The molecule has 37 heteroatoms. The summed E-state index contributed by atoms with van der Waals surface area (Å²) in [4.78, 5) is 116. The van der Waals surface area contributed by atoms with E-state index in [-0.39, 0.29) is 146 Å². The fourth-order valence-electron chi connectivity index (χ4n) is 13.4. The fraction of sp³-hybridized carbons (Fsp3) is 0.588. The van der Waals surface area contributed by atoms with Gasteiger partial charge in [-0.1, -0.05) is 106 Å². The number of nitrogens with one attached hydrogen (secondary N) is 8. The summed E-state index contributed by atoms with van der Waals surface area (Å²) in [7, 11) is 0. The van der Waals surface area contributed by atoms with Crippen molar-refractivity contribution in [1.29, 1.82) is 0 Å². The molecule has 6 aromatic rings. The molecule has 0 unspecified atom stereocenters. The van der Waals surface area contributed by atoms with Crippen LogP contribution in [0.15, 0.2) is 97.1 Å². The van der Waals surface area contributed by atoms with E-state index in [4.69, 9.17) is 30.4 Å². The molecule has 4 saturated carbocycles. The number of aromatic nitrogens is 8. The molecule has 0 saturated heterocycles. The number of fused-ring (bicyclic) bond motifs is 4. The predicted octanol–water partition coefficient (Wildman–Crippen LogP) is 4.24. The normalized spacial score (nSPS) is 18.5. The molecule has 0 spiro atoms. The number of halogens is 1. The number of amides is 7. The minimum absolute atomic E-state index is 0. The van der Waals surface area contributed by atoms with Gasteiger partial charge in [-0.2, -0.15) is 0 Å². The number of carbonyl (C=O) groups is 9. The number of aryl methyl sites for hydroxylation is 2.